The molecule has 0 heterocycles. The third-order valence-electron chi connectivity index (χ3n) is 5.27. The van der Waals surface area contributed by atoms with Crippen LogP contribution in [0.3, 0.4) is 0 Å². The van der Waals surface area contributed by atoms with Crippen molar-refractivity contribution in [1.29, 1.82) is 0 Å². The second kappa shape index (κ2) is 11.5. The molecule has 4 N–H and O–H groups in total. The summed E-state index contributed by atoms with van der Waals surface area (Å²) in [6.07, 6.45) is 6.54. The molecule has 0 aromatic heterocycles. The molecule has 1 aliphatic carbocycles. The maximum atomic E-state index is 12.2. The first-order valence-corrected chi connectivity index (χ1v) is 10.1. The van der Waals surface area contributed by atoms with Crippen molar-refractivity contribution in [3.63, 3.8) is 0 Å². The highest BCUT2D eigenvalue weighted by Crippen LogP contribution is 2.38. The molecule has 0 spiro atoms. The Labute approximate surface area is 158 Å². The van der Waals surface area contributed by atoms with Gasteiger partial charge in [-0.1, -0.05) is 33.1 Å². The van der Waals surface area contributed by atoms with E-state index in [0.717, 1.165) is 32.1 Å². The fourth-order valence-electron chi connectivity index (χ4n) is 3.79. The van der Waals surface area contributed by atoms with Crippen LogP contribution in [0.5, 0.6) is 0 Å². The molecule has 0 aromatic rings. The molecule has 152 valence electrons. The summed E-state index contributed by atoms with van der Waals surface area (Å²) in [5.74, 6) is 0.0904. The van der Waals surface area contributed by atoms with Crippen LogP contribution in [0.4, 0.5) is 0 Å². The highest BCUT2D eigenvalue weighted by atomic mass is 16.6. The Morgan fingerprint density at radius 1 is 1.04 bits per heavy atom. The van der Waals surface area contributed by atoms with Gasteiger partial charge in [-0.25, -0.2) is 0 Å². The third-order valence-corrected chi connectivity index (χ3v) is 5.27. The molecule has 1 aliphatic rings. The van der Waals surface area contributed by atoms with Gasteiger partial charge in [0.1, 0.15) is 12.7 Å². The largest absolute Gasteiger partial charge is 0.462 e. The number of nitrogens with two attached hydrogens (primary N) is 2. The van der Waals surface area contributed by atoms with Crippen molar-refractivity contribution in [3.05, 3.63) is 0 Å². The van der Waals surface area contributed by atoms with E-state index in [-0.39, 0.29) is 29.9 Å². The summed E-state index contributed by atoms with van der Waals surface area (Å²) in [7, 11) is 0. The Kier molecular flexibility index (Phi) is 10.2. The summed E-state index contributed by atoms with van der Waals surface area (Å²) < 4.78 is 10.7. The van der Waals surface area contributed by atoms with Crippen molar-refractivity contribution >= 4 is 11.9 Å². The molecule has 1 fully saturated rings. The van der Waals surface area contributed by atoms with Crippen LogP contribution in [0, 0.1) is 17.3 Å². The van der Waals surface area contributed by atoms with E-state index in [2.05, 4.69) is 13.8 Å². The summed E-state index contributed by atoms with van der Waals surface area (Å²) in [6, 6.07) is 0. The van der Waals surface area contributed by atoms with Crippen LogP contribution in [0.25, 0.3) is 0 Å². The zero-order valence-electron chi connectivity index (χ0n) is 16.8. The summed E-state index contributed by atoms with van der Waals surface area (Å²) in [5, 5.41) is 0. The van der Waals surface area contributed by atoms with E-state index in [1.54, 1.807) is 6.92 Å². The number of carbonyl (C=O) groups is 2. The van der Waals surface area contributed by atoms with Crippen LogP contribution in [0.1, 0.15) is 72.1 Å². The molecule has 1 rings (SSSR count). The second-order valence-corrected chi connectivity index (χ2v) is 8.36. The summed E-state index contributed by atoms with van der Waals surface area (Å²) in [4.78, 5) is 24.2. The molecule has 26 heavy (non-hydrogen) atoms. The molecule has 0 aliphatic heterocycles. The highest BCUT2D eigenvalue weighted by Gasteiger charge is 2.33. The van der Waals surface area contributed by atoms with Gasteiger partial charge in [0.2, 0.25) is 0 Å². The average Bonchev–Trinajstić information content (AvgIpc) is 2.59. The normalized spacial score (nSPS) is 19.0. The van der Waals surface area contributed by atoms with Gasteiger partial charge in [-0.15, -0.1) is 0 Å². The van der Waals surface area contributed by atoms with Gasteiger partial charge < -0.3 is 20.9 Å². The quantitative estimate of drug-likeness (QED) is 0.542. The minimum absolute atomic E-state index is 0.0860. The number of rotatable bonds is 11. The first kappa shape index (κ1) is 22.9. The summed E-state index contributed by atoms with van der Waals surface area (Å²) in [6.45, 7) is 7.03. The molecule has 1 saturated carbocycles. The number of hydrogen-bond acceptors (Lipinski definition) is 6. The molecule has 0 saturated heterocycles. The molecule has 0 radical (unpaired) electrons. The lowest BCUT2D eigenvalue weighted by molar-refractivity contribution is -0.160. The van der Waals surface area contributed by atoms with Crippen molar-refractivity contribution in [2.24, 2.45) is 28.7 Å². The fourth-order valence-corrected chi connectivity index (χ4v) is 3.79. The Balaban J connectivity index is 2.32. The highest BCUT2D eigenvalue weighted by molar-refractivity contribution is 5.71. The number of esters is 2. The lowest BCUT2D eigenvalue weighted by Gasteiger charge is -2.35. The van der Waals surface area contributed by atoms with E-state index in [1.165, 1.54) is 6.42 Å². The predicted octanol–water partition coefficient (Wildman–Crippen LogP) is 2.77. The topological polar surface area (TPSA) is 105 Å². The van der Waals surface area contributed by atoms with Gasteiger partial charge in [0.05, 0.1) is 6.42 Å². The van der Waals surface area contributed by atoms with Crippen molar-refractivity contribution in [2.75, 3.05) is 19.7 Å². The van der Waals surface area contributed by atoms with Gasteiger partial charge in [0, 0.05) is 6.42 Å². The Morgan fingerprint density at radius 2 is 1.69 bits per heavy atom. The standard InChI is InChI=1S/C20H38N2O4/c1-15(2)9-17(12-21)10-18(23)26-16(3)13-25-19(24)11-20(14-22)7-5-4-6-8-20/h15-17H,4-14,21-22H2,1-3H3/t16?,17-/m0/s1. The molecule has 2 atom stereocenters. The van der Waals surface area contributed by atoms with E-state index in [4.69, 9.17) is 20.9 Å². The Morgan fingerprint density at radius 3 is 2.23 bits per heavy atom. The van der Waals surface area contributed by atoms with Crippen LogP contribution in [-0.4, -0.2) is 37.7 Å². The molecule has 0 bridgehead atoms. The SMILES string of the molecule is CC(C)C[C@H](CN)CC(=O)OC(C)COC(=O)CC1(CN)CCCCC1. The Bertz CT molecular complexity index is 434. The van der Waals surface area contributed by atoms with Crippen LogP contribution in [0.15, 0.2) is 0 Å². The van der Waals surface area contributed by atoms with Gasteiger partial charge >= 0.3 is 11.9 Å². The molecular weight excluding hydrogens is 332 g/mol. The Hall–Kier alpha value is -1.14. The van der Waals surface area contributed by atoms with Gasteiger partial charge in [-0.2, -0.15) is 0 Å². The lowest BCUT2D eigenvalue weighted by Crippen LogP contribution is -2.36. The number of carbonyl (C=O) groups excluding carboxylic acids is 2. The summed E-state index contributed by atoms with van der Waals surface area (Å²) >= 11 is 0. The fraction of sp³-hybridized carbons (Fsp3) is 0.900. The van der Waals surface area contributed by atoms with E-state index in [9.17, 15) is 9.59 Å². The first-order valence-electron chi connectivity index (χ1n) is 10.1. The molecule has 1 unspecified atom stereocenters. The number of ether oxygens (including phenoxy) is 2. The van der Waals surface area contributed by atoms with Crippen LogP contribution in [-0.2, 0) is 19.1 Å². The van der Waals surface area contributed by atoms with E-state index in [1.807, 2.05) is 0 Å². The minimum atomic E-state index is -0.455. The third kappa shape index (κ3) is 8.49. The van der Waals surface area contributed by atoms with Crippen molar-refractivity contribution in [1.82, 2.24) is 0 Å². The predicted molar refractivity (Wildman–Crippen MR) is 102 cm³/mol. The van der Waals surface area contributed by atoms with Gasteiger partial charge in [-0.05, 0) is 56.5 Å². The molecule has 0 amide bonds. The van der Waals surface area contributed by atoms with Crippen LogP contribution in [0.2, 0.25) is 0 Å². The van der Waals surface area contributed by atoms with E-state index < -0.39 is 6.10 Å². The van der Waals surface area contributed by atoms with Crippen molar-refractivity contribution < 1.29 is 19.1 Å². The van der Waals surface area contributed by atoms with Crippen molar-refractivity contribution in [3.8, 4) is 0 Å². The molecule has 0 aromatic carbocycles. The maximum absolute atomic E-state index is 12.2. The van der Waals surface area contributed by atoms with Gasteiger partial charge in [0.25, 0.3) is 0 Å². The summed E-state index contributed by atoms with van der Waals surface area (Å²) in [5.41, 5.74) is 11.5. The first-order chi connectivity index (χ1) is 12.3. The zero-order chi connectivity index (χ0) is 19.6. The van der Waals surface area contributed by atoms with Gasteiger partial charge in [-0.3, -0.25) is 9.59 Å². The van der Waals surface area contributed by atoms with E-state index in [0.29, 0.717) is 31.8 Å². The molecule has 6 heteroatoms. The van der Waals surface area contributed by atoms with Gasteiger partial charge in [0.15, 0.2) is 0 Å². The number of hydrogen-bond donors (Lipinski definition) is 2. The second-order valence-electron chi connectivity index (χ2n) is 8.36. The average molecular weight is 371 g/mol. The maximum Gasteiger partial charge on any atom is 0.306 e. The van der Waals surface area contributed by atoms with Crippen molar-refractivity contribution in [2.45, 2.75) is 78.2 Å². The smallest absolute Gasteiger partial charge is 0.306 e. The molecular formula is C20H38N2O4. The molecule has 6 nitrogen and oxygen atoms in total. The van der Waals surface area contributed by atoms with E-state index >= 15 is 0 Å². The monoisotopic (exact) mass is 370 g/mol. The van der Waals surface area contributed by atoms with Crippen LogP contribution < -0.4 is 11.5 Å². The van der Waals surface area contributed by atoms with Crippen LogP contribution >= 0.6 is 0 Å². The lowest BCUT2D eigenvalue weighted by atomic mass is 9.72. The zero-order valence-corrected chi connectivity index (χ0v) is 16.8. The minimum Gasteiger partial charge on any atom is -0.462 e.